The van der Waals surface area contributed by atoms with Gasteiger partial charge in [0, 0.05) is 54.5 Å². The SMILES string of the molecule is OC(COc1cc(Cl)ccc1Cl)CN1CCN(c2cccc(Cl)c2)CC1. The van der Waals surface area contributed by atoms with Gasteiger partial charge < -0.3 is 14.7 Å². The molecule has 0 aromatic heterocycles. The Kier molecular flexibility index (Phi) is 6.90. The number of β-amino-alcohol motifs (C(OH)–C–C–N with tert-alkyl or cyclic N) is 1. The van der Waals surface area contributed by atoms with E-state index in [1.165, 1.54) is 0 Å². The molecule has 0 amide bonds. The van der Waals surface area contributed by atoms with E-state index in [0.29, 0.717) is 22.3 Å². The summed E-state index contributed by atoms with van der Waals surface area (Å²) in [6.45, 7) is 4.28. The summed E-state index contributed by atoms with van der Waals surface area (Å²) < 4.78 is 5.61. The molecule has 0 spiro atoms. The lowest BCUT2D eigenvalue weighted by atomic mass is 10.2. The number of halogens is 3. The van der Waals surface area contributed by atoms with Gasteiger partial charge in [0.15, 0.2) is 0 Å². The van der Waals surface area contributed by atoms with E-state index < -0.39 is 6.10 Å². The fourth-order valence-corrected chi connectivity index (χ4v) is 3.50. The first-order valence-electron chi connectivity index (χ1n) is 8.50. The normalized spacial score (nSPS) is 16.5. The average Bonchev–Trinajstić information content (AvgIpc) is 2.63. The van der Waals surface area contributed by atoms with Crippen LogP contribution in [0.3, 0.4) is 0 Å². The van der Waals surface area contributed by atoms with Crippen molar-refractivity contribution in [3.8, 4) is 5.75 Å². The minimum atomic E-state index is -0.595. The number of nitrogens with zero attached hydrogens (tertiary/aromatic N) is 2. The lowest BCUT2D eigenvalue weighted by molar-refractivity contribution is 0.0663. The second-order valence-electron chi connectivity index (χ2n) is 6.31. The van der Waals surface area contributed by atoms with E-state index in [2.05, 4.69) is 15.9 Å². The van der Waals surface area contributed by atoms with Crippen molar-refractivity contribution in [3.63, 3.8) is 0 Å². The Balaban J connectivity index is 1.44. The number of piperazine rings is 1. The average molecular weight is 416 g/mol. The third-order valence-corrected chi connectivity index (χ3v) is 5.12. The minimum Gasteiger partial charge on any atom is -0.489 e. The molecule has 1 unspecified atom stereocenters. The number of hydrogen-bond acceptors (Lipinski definition) is 4. The number of benzene rings is 2. The first-order chi connectivity index (χ1) is 12.5. The Morgan fingerprint density at radius 3 is 2.42 bits per heavy atom. The van der Waals surface area contributed by atoms with Gasteiger partial charge in [-0.2, -0.15) is 0 Å². The van der Waals surface area contributed by atoms with Gasteiger partial charge in [0.2, 0.25) is 0 Å². The number of anilines is 1. The molecule has 0 radical (unpaired) electrons. The highest BCUT2D eigenvalue weighted by atomic mass is 35.5. The van der Waals surface area contributed by atoms with Crippen LogP contribution in [0.25, 0.3) is 0 Å². The quantitative estimate of drug-likeness (QED) is 0.767. The van der Waals surface area contributed by atoms with Gasteiger partial charge in [-0.1, -0.05) is 40.9 Å². The predicted octanol–water partition coefficient (Wildman–Crippen LogP) is 4.21. The maximum atomic E-state index is 10.3. The van der Waals surface area contributed by atoms with Crippen molar-refractivity contribution in [1.82, 2.24) is 4.90 Å². The van der Waals surface area contributed by atoms with Crippen LogP contribution in [0.5, 0.6) is 5.75 Å². The Morgan fingerprint density at radius 2 is 1.69 bits per heavy atom. The maximum absolute atomic E-state index is 10.3. The largest absolute Gasteiger partial charge is 0.489 e. The van der Waals surface area contributed by atoms with E-state index in [1.54, 1.807) is 18.2 Å². The zero-order valence-electron chi connectivity index (χ0n) is 14.2. The molecular weight excluding hydrogens is 395 g/mol. The summed E-state index contributed by atoms with van der Waals surface area (Å²) in [5.41, 5.74) is 1.14. The number of ether oxygens (including phenoxy) is 1. The number of hydrogen-bond donors (Lipinski definition) is 1. The van der Waals surface area contributed by atoms with Gasteiger partial charge in [0.1, 0.15) is 18.5 Å². The summed E-state index contributed by atoms with van der Waals surface area (Å²) in [4.78, 5) is 4.53. The zero-order chi connectivity index (χ0) is 18.5. The standard InChI is InChI=1S/C19H21Cl3N2O2/c20-14-2-1-3-16(10-14)24-8-6-23(7-9-24)12-17(25)13-26-19-11-15(21)4-5-18(19)22/h1-5,10-11,17,25H,6-9,12-13H2. The third kappa shape index (κ3) is 5.41. The van der Waals surface area contributed by atoms with Gasteiger partial charge in [0.05, 0.1) is 5.02 Å². The molecule has 1 heterocycles. The van der Waals surface area contributed by atoms with Crippen LogP contribution < -0.4 is 9.64 Å². The van der Waals surface area contributed by atoms with E-state index in [0.717, 1.165) is 36.9 Å². The smallest absolute Gasteiger partial charge is 0.139 e. The molecule has 1 fully saturated rings. The molecule has 140 valence electrons. The summed E-state index contributed by atoms with van der Waals surface area (Å²) in [5, 5.41) is 12.1. The summed E-state index contributed by atoms with van der Waals surface area (Å²) in [7, 11) is 0. The van der Waals surface area contributed by atoms with Gasteiger partial charge in [-0.15, -0.1) is 0 Å². The summed E-state index contributed by atoms with van der Waals surface area (Å²) in [6.07, 6.45) is -0.595. The van der Waals surface area contributed by atoms with E-state index in [-0.39, 0.29) is 6.61 Å². The molecule has 1 N–H and O–H groups in total. The van der Waals surface area contributed by atoms with Gasteiger partial charge in [-0.25, -0.2) is 0 Å². The van der Waals surface area contributed by atoms with Crippen molar-refractivity contribution in [2.24, 2.45) is 0 Å². The molecule has 1 atom stereocenters. The number of rotatable bonds is 6. The van der Waals surface area contributed by atoms with Crippen LogP contribution in [0.4, 0.5) is 5.69 Å². The summed E-state index contributed by atoms with van der Waals surface area (Å²) in [6, 6.07) is 12.9. The van der Waals surface area contributed by atoms with Crippen LogP contribution in [0.2, 0.25) is 15.1 Å². The fourth-order valence-electron chi connectivity index (χ4n) is 2.99. The highest BCUT2D eigenvalue weighted by Gasteiger charge is 2.20. The molecule has 2 aromatic rings. The first kappa shape index (κ1) is 19.6. The molecule has 7 heteroatoms. The molecule has 1 aliphatic rings. The van der Waals surface area contributed by atoms with Gasteiger partial charge in [-0.3, -0.25) is 4.90 Å². The molecule has 4 nitrogen and oxygen atoms in total. The van der Waals surface area contributed by atoms with Crippen LogP contribution in [0.1, 0.15) is 0 Å². The number of aliphatic hydroxyl groups excluding tert-OH is 1. The second-order valence-corrected chi connectivity index (χ2v) is 7.59. The molecule has 1 aliphatic heterocycles. The first-order valence-corrected chi connectivity index (χ1v) is 9.63. The van der Waals surface area contributed by atoms with Gasteiger partial charge in [-0.05, 0) is 30.3 Å². The van der Waals surface area contributed by atoms with E-state index >= 15 is 0 Å². The predicted molar refractivity (Wildman–Crippen MR) is 108 cm³/mol. The van der Waals surface area contributed by atoms with Crippen LogP contribution in [0.15, 0.2) is 42.5 Å². The second kappa shape index (κ2) is 9.16. The number of aliphatic hydroxyl groups is 1. The van der Waals surface area contributed by atoms with Crippen molar-refractivity contribution < 1.29 is 9.84 Å². The minimum absolute atomic E-state index is 0.175. The van der Waals surface area contributed by atoms with Gasteiger partial charge in [0.25, 0.3) is 0 Å². The fraction of sp³-hybridized carbons (Fsp3) is 0.368. The highest BCUT2D eigenvalue weighted by Crippen LogP contribution is 2.27. The van der Waals surface area contributed by atoms with Crippen LogP contribution in [-0.4, -0.2) is 55.4 Å². The van der Waals surface area contributed by atoms with Crippen LogP contribution >= 0.6 is 34.8 Å². The van der Waals surface area contributed by atoms with Crippen molar-refractivity contribution in [3.05, 3.63) is 57.5 Å². The molecule has 2 aromatic carbocycles. The molecule has 26 heavy (non-hydrogen) atoms. The van der Waals surface area contributed by atoms with Crippen molar-refractivity contribution in [1.29, 1.82) is 0 Å². The third-order valence-electron chi connectivity index (χ3n) is 4.34. The Hall–Kier alpha value is -1.17. The Labute approximate surface area is 168 Å². The summed E-state index contributed by atoms with van der Waals surface area (Å²) in [5.74, 6) is 0.490. The maximum Gasteiger partial charge on any atom is 0.139 e. The lowest BCUT2D eigenvalue weighted by Gasteiger charge is -2.36. The lowest BCUT2D eigenvalue weighted by Crippen LogP contribution is -2.49. The Bertz CT molecular complexity index is 736. The topological polar surface area (TPSA) is 35.9 Å². The molecule has 0 aliphatic carbocycles. The molecule has 3 rings (SSSR count). The molecule has 0 bridgehead atoms. The van der Waals surface area contributed by atoms with Gasteiger partial charge >= 0.3 is 0 Å². The Morgan fingerprint density at radius 1 is 0.962 bits per heavy atom. The van der Waals surface area contributed by atoms with Crippen molar-refractivity contribution in [2.75, 3.05) is 44.2 Å². The van der Waals surface area contributed by atoms with E-state index in [1.807, 2.05) is 18.2 Å². The highest BCUT2D eigenvalue weighted by molar-refractivity contribution is 6.34. The zero-order valence-corrected chi connectivity index (χ0v) is 16.5. The monoisotopic (exact) mass is 414 g/mol. The van der Waals surface area contributed by atoms with E-state index in [4.69, 9.17) is 39.5 Å². The van der Waals surface area contributed by atoms with Crippen LogP contribution in [-0.2, 0) is 0 Å². The van der Waals surface area contributed by atoms with Crippen molar-refractivity contribution >= 4 is 40.5 Å². The van der Waals surface area contributed by atoms with E-state index in [9.17, 15) is 5.11 Å². The molecule has 1 saturated heterocycles. The van der Waals surface area contributed by atoms with Crippen molar-refractivity contribution in [2.45, 2.75) is 6.10 Å². The summed E-state index contributed by atoms with van der Waals surface area (Å²) >= 11 is 18.1. The van der Waals surface area contributed by atoms with Crippen LogP contribution in [0, 0.1) is 0 Å². The molecular formula is C19H21Cl3N2O2. The molecule has 0 saturated carbocycles.